The van der Waals surface area contributed by atoms with E-state index in [9.17, 15) is 9.59 Å². The van der Waals surface area contributed by atoms with Crippen molar-refractivity contribution in [3.63, 3.8) is 0 Å². The van der Waals surface area contributed by atoms with Crippen LogP contribution >= 0.6 is 0 Å². The standard InChI is InChI=1S/C22H21N3O2/c1-15-5-3-4-6-18(15)13-24-22(27)19-9-12-21(23-14-19)25-20-10-7-17(8-11-20)16(2)26/h3-12,14H,13H2,1-2H3,(H,23,25)(H,24,27). The van der Waals surface area contributed by atoms with Gasteiger partial charge in [-0.2, -0.15) is 0 Å². The fourth-order valence-electron chi connectivity index (χ4n) is 2.62. The molecule has 0 aliphatic rings. The molecule has 0 bridgehead atoms. The van der Waals surface area contributed by atoms with E-state index in [-0.39, 0.29) is 11.7 Å². The Balaban J connectivity index is 1.60. The van der Waals surface area contributed by atoms with Crippen molar-refractivity contribution < 1.29 is 9.59 Å². The molecule has 3 aromatic rings. The molecule has 2 aromatic carbocycles. The number of carbonyl (C=O) groups is 2. The number of aromatic nitrogens is 1. The summed E-state index contributed by atoms with van der Waals surface area (Å²) >= 11 is 0. The number of nitrogens with zero attached hydrogens (tertiary/aromatic N) is 1. The number of amides is 1. The summed E-state index contributed by atoms with van der Waals surface area (Å²) in [6.07, 6.45) is 1.54. The Morgan fingerprint density at radius 1 is 0.926 bits per heavy atom. The van der Waals surface area contributed by atoms with Crippen molar-refractivity contribution in [2.45, 2.75) is 20.4 Å². The number of nitrogens with one attached hydrogen (secondary N) is 2. The van der Waals surface area contributed by atoms with E-state index in [0.29, 0.717) is 23.5 Å². The number of benzene rings is 2. The zero-order valence-electron chi connectivity index (χ0n) is 15.3. The normalized spacial score (nSPS) is 10.3. The molecule has 3 rings (SSSR count). The minimum atomic E-state index is -0.164. The third-order valence-electron chi connectivity index (χ3n) is 4.29. The molecule has 0 radical (unpaired) electrons. The first-order valence-corrected chi connectivity index (χ1v) is 8.70. The van der Waals surface area contributed by atoms with Crippen LogP contribution in [0.4, 0.5) is 11.5 Å². The molecule has 1 aromatic heterocycles. The van der Waals surface area contributed by atoms with E-state index in [4.69, 9.17) is 0 Å². The monoisotopic (exact) mass is 359 g/mol. The molecule has 27 heavy (non-hydrogen) atoms. The van der Waals surface area contributed by atoms with E-state index in [0.717, 1.165) is 16.8 Å². The molecule has 0 aliphatic heterocycles. The maximum atomic E-state index is 12.3. The fraction of sp³-hybridized carbons (Fsp3) is 0.136. The van der Waals surface area contributed by atoms with Crippen molar-refractivity contribution in [1.29, 1.82) is 0 Å². The second-order valence-corrected chi connectivity index (χ2v) is 6.30. The van der Waals surface area contributed by atoms with E-state index < -0.39 is 0 Å². The third kappa shape index (κ3) is 4.79. The summed E-state index contributed by atoms with van der Waals surface area (Å²) < 4.78 is 0. The summed E-state index contributed by atoms with van der Waals surface area (Å²) in [4.78, 5) is 27.9. The minimum absolute atomic E-state index is 0.0285. The largest absolute Gasteiger partial charge is 0.348 e. The van der Waals surface area contributed by atoms with E-state index in [1.165, 1.54) is 6.92 Å². The molecule has 0 saturated carbocycles. The fourth-order valence-corrected chi connectivity index (χ4v) is 2.62. The SMILES string of the molecule is CC(=O)c1ccc(Nc2ccc(C(=O)NCc3ccccc3C)cn2)cc1. The van der Waals surface area contributed by atoms with Gasteiger partial charge in [-0.3, -0.25) is 9.59 Å². The van der Waals surface area contributed by atoms with Crippen molar-refractivity contribution in [3.8, 4) is 0 Å². The summed E-state index contributed by atoms with van der Waals surface area (Å²) in [6.45, 7) is 4.04. The number of hydrogen-bond acceptors (Lipinski definition) is 4. The highest BCUT2D eigenvalue weighted by Crippen LogP contribution is 2.16. The van der Waals surface area contributed by atoms with E-state index in [1.807, 2.05) is 43.3 Å². The average Bonchev–Trinajstić information content (AvgIpc) is 2.68. The Bertz CT molecular complexity index is 948. The van der Waals surface area contributed by atoms with Crippen LogP contribution in [-0.4, -0.2) is 16.7 Å². The molecule has 5 nitrogen and oxygen atoms in total. The lowest BCUT2D eigenvalue weighted by Crippen LogP contribution is -2.23. The molecule has 0 unspecified atom stereocenters. The zero-order valence-corrected chi connectivity index (χ0v) is 15.3. The summed E-state index contributed by atoms with van der Waals surface area (Å²) in [5.41, 5.74) is 4.22. The number of carbonyl (C=O) groups excluding carboxylic acids is 2. The number of rotatable bonds is 6. The van der Waals surface area contributed by atoms with E-state index in [2.05, 4.69) is 15.6 Å². The van der Waals surface area contributed by atoms with Crippen LogP contribution in [0.25, 0.3) is 0 Å². The Hall–Kier alpha value is -3.47. The van der Waals surface area contributed by atoms with E-state index >= 15 is 0 Å². The van der Waals surface area contributed by atoms with Crippen molar-refractivity contribution >= 4 is 23.2 Å². The zero-order chi connectivity index (χ0) is 19.2. The van der Waals surface area contributed by atoms with Crippen molar-refractivity contribution in [2.75, 3.05) is 5.32 Å². The maximum absolute atomic E-state index is 12.3. The summed E-state index contributed by atoms with van der Waals surface area (Å²) in [7, 11) is 0. The molecule has 0 fully saturated rings. The first kappa shape index (κ1) is 18.3. The highest BCUT2D eigenvalue weighted by atomic mass is 16.1. The van der Waals surface area contributed by atoms with Gasteiger partial charge in [-0.15, -0.1) is 0 Å². The van der Waals surface area contributed by atoms with Gasteiger partial charge >= 0.3 is 0 Å². The molecule has 0 aliphatic carbocycles. The van der Waals surface area contributed by atoms with Gasteiger partial charge in [0.15, 0.2) is 5.78 Å². The lowest BCUT2D eigenvalue weighted by molar-refractivity contribution is 0.0949. The van der Waals surface area contributed by atoms with Crippen molar-refractivity contribution in [3.05, 3.63) is 89.1 Å². The van der Waals surface area contributed by atoms with Gasteiger partial charge in [0, 0.05) is 24.0 Å². The minimum Gasteiger partial charge on any atom is -0.348 e. The van der Waals surface area contributed by atoms with Crippen LogP contribution in [0.15, 0.2) is 66.9 Å². The maximum Gasteiger partial charge on any atom is 0.253 e. The van der Waals surface area contributed by atoms with Crippen molar-refractivity contribution in [2.24, 2.45) is 0 Å². The predicted molar refractivity (Wildman–Crippen MR) is 106 cm³/mol. The number of ketones is 1. The number of anilines is 2. The van der Waals surface area contributed by atoms with Gasteiger partial charge in [-0.05, 0) is 61.4 Å². The Labute approximate surface area is 158 Å². The second kappa shape index (κ2) is 8.27. The topological polar surface area (TPSA) is 71.1 Å². The molecule has 5 heteroatoms. The molecule has 2 N–H and O–H groups in total. The second-order valence-electron chi connectivity index (χ2n) is 6.30. The van der Waals surface area contributed by atoms with E-state index in [1.54, 1.807) is 30.5 Å². The average molecular weight is 359 g/mol. The molecular weight excluding hydrogens is 338 g/mol. The quantitative estimate of drug-likeness (QED) is 0.645. The van der Waals surface area contributed by atoms with Crippen LogP contribution in [0.3, 0.4) is 0 Å². The smallest absolute Gasteiger partial charge is 0.253 e. The lowest BCUT2D eigenvalue weighted by Gasteiger charge is -2.09. The Kier molecular flexibility index (Phi) is 5.61. The molecule has 1 heterocycles. The first-order chi connectivity index (χ1) is 13.0. The third-order valence-corrected chi connectivity index (χ3v) is 4.29. The molecular formula is C22H21N3O2. The highest BCUT2D eigenvalue weighted by Gasteiger charge is 2.07. The van der Waals surface area contributed by atoms with Crippen LogP contribution in [0.5, 0.6) is 0 Å². The Morgan fingerprint density at radius 3 is 2.26 bits per heavy atom. The van der Waals surface area contributed by atoms with Gasteiger partial charge in [0.05, 0.1) is 5.56 Å². The highest BCUT2D eigenvalue weighted by molar-refractivity contribution is 5.95. The number of pyridine rings is 1. The van der Waals surface area contributed by atoms with Crippen LogP contribution in [0, 0.1) is 6.92 Å². The summed E-state index contributed by atoms with van der Waals surface area (Å²) in [5, 5.41) is 6.06. The van der Waals surface area contributed by atoms with Crippen molar-refractivity contribution in [1.82, 2.24) is 10.3 Å². The molecule has 0 atom stereocenters. The van der Waals surface area contributed by atoms with Crippen LogP contribution in [-0.2, 0) is 6.54 Å². The molecule has 0 saturated heterocycles. The number of Topliss-reactive ketones (excluding diaryl/α,β-unsaturated/α-hetero) is 1. The number of aryl methyl sites for hydroxylation is 1. The molecule has 136 valence electrons. The van der Waals surface area contributed by atoms with Gasteiger partial charge < -0.3 is 10.6 Å². The Morgan fingerprint density at radius 2 is 1.63 bits per heavy atom. The van der Waals surface area contributed by atoms with Gasteiger partial charge in [0.1, 0.15) is 5.82 Å². The van der Waals surface area contributed by atoms with Crippen LogP contribution in [0.2, 0.25) is 0 Å². The summed E-state index contributed by atoms with van der Waals surface area (Å²) in [6, 6.07) is 18.6. The van der Waals surface area contributed by atoms with Gasteiger partial charge in [-0.1, -0.05) is 24.3 Å². The van der Waals surface area contributed by atoms with Crippen LogP contribution < -0.4 is 10.6 Å². The predicted octanol–water partition coefficient (Wildman–Crippen LogP) is 4.27. The lowest BCUT2D eigenvalue weighted by atomic mass is 10.1. The van der Waals surface area contributed by atoms with Gasteiger partial charge in [0.2, 0.25) is 0 Å². The first-order valence-electron chi connectivity index (χ1n) is 8.70. The number of hydrogen-bond donors (Lipinski definition) is 2. The van der Waals surface area contributed by atoms with Crippen LogP contribution in [0.1, 0.15) is 38.8 Å². The molecule has 1 amide bonds. The molecule has 0 spiro atoms. The van der Waals surface area contributed by atoms with Gasteiger partial charge in [-0.25, -0.2) is 4.98 Å². The summed E-state index contributed by atoms with van der Waals surface area (Å²) in [5.74, 6) is 0.491. The van der Waals surface area contributed by atoms with Gasteiger partial charge in [0.25, 0.3) is 5.91 Å².